The minimum Gasteiger partial charge on any atom is -0.457 e. The maximum atomic E-state index is 14.0. The molecule has 6 nitrogen and oxygen atoms in total. The van der Waals surface area contributed by atoms with Crippen molar-refractivity contribution in [2.24, 2.45) is 0 Å². The van der Waals surface area contributed by atoms with E-state index in [1.165, 1.54) is 17.0 Å². The van der Waals surface area contributed by atoms with E-state index in [4.69, 9.17) is 16.3 Å². The summed E-state index contributed by atoms with van der Waals surface area (Å²) >= 11 is 6.07. The highest BCUT2D eigenvalue weighted by Crippen LogP contribution is 2.35. The van der Waals surface area contributed by atoms with Gasteiger partial charge in [-0.05, 0) is 66.9 Å². The Bertz CT molecular complexity index is 1230. The fourth-order valence-electron chi connectivity index (χ4n) is 4.59. The Balaban J connectivity index is 0.00000400. The standard InChI is InChI=1S/C29H31ClFN3O3.ClH/c1-3-23-19-33(16-15-32-23)29(36)28(21-9-11-22(31)12-10-21)34(27(35)18-30)26-14-13-25(17-20(26)2)37-24-7-5-4-6-8-24;/h4-14,17,23,28,32H,3,15-16,18-19H2,1-2H3;1H/t23-,28+;/m0./s1. The molecule has 1 aliphatic heterocycles. The van der Waals surface area contributed by atoms with Gasteiger partial charge in [0.15, 0.2) is 0 Å². The maximum Gasteiger partial charge on any atom is 0.250 e. The van der Waals surface area contributed by atoms with Crippen molar-refractivity contribution in [3.8, 4) is 11.5 Å². The van der Waals surface area contributed by atoms with Crippen LogP contribution in [0.4, 0.5) is 10.1 Å². The number of piperazine rings is 1. The summed E-state index contributed by atoms with van der Waals surface area (Å²) in [4.78, 5) is 30.6. The van der Waals surface area contributed by atoms with Crippen LogP contribution in [0.3, 0.4) is 0 Å². The first kappa shape index (κ1) is 29.4. The second-order valence-electron chi connectivity index (χ2n) is 9.06. The summed E-state index contributed by atoms with van der Waals surface area (Å²) in [6.45, 7) is 5.62. The van der Waals surface area contributed by atoms with Crippen LogP contribution in [0.2, 0.25) is 0 Å². The molecule has 1 heterocycles. The number of carbonyl (C=O) groups is 2. The number of nitrogens with one attached hydrogen (secondary N) is 1. The van der Waals surface area contributed by atoms with Crippen molar-refractivity contribution in [2.75, 3.05) is 30.4 Å². The number of nitrogens with zero attached hydrogens (tertiary/aromatic N) is 2. The number of hydrogen-bond donors (Lipinski definition) is 1. The van der Waals surface area contributed by atoms with Crippen LogP contribution in [0.25, 0.3) is 0 Å². The predicted octanol–water partition coefficient (Wildman–Crippen LogP) is 5.87. The van der Waals surface area contributed by atoms with Crippen LogP contribution in [-0.4, -0.2) is 48.3 Å². The molecule has 3 aromatic rings. The van der Waals surface area contributed by atoms with Gasteiger partial charge in [0.1, 0.15) is 29.2 Å². The molecule has 1 fully saturated rings. The van der Waals surface area contributed by atoms with Gasteiger partial charge in [0.2, 0.25) is 5.91 Å². The van der Waals surface area contributed by atoms with Crippen LogP contribution in [0.15, 0.2) is 72.8 Å². The number of ether oxygens (including phenoxy) is 1. The fraction of sp³-hybridized carbons (Fsp3) is 0.310. The lowest BCUT2D eigenvalue weighted by molar-refractivity contribution is -0.135. The van der Waals surface area contributed by atoms with Gasteiger partial charge in [-0.25, -0.2) is 4.39 Å². The topological polar surface area (TPSA) is 61.9 Å². The van der Waals surface area contributed by atoms with Crippen molar-refractivity contribution in [2.45, 2.75) is 32.4 Å². The Kier molecular flexibility index (Phi) is 10.5. The van der Waals surface area contributed by atoms with E-state index in [0.29, 0.717) is 42.4 Å². The van der Waals surface area contributed by atoms with Crippen LogP contribution in [0.1, 0.15) is 30.5 Å². The van der Waals surface area contributed by atoms with Gasteiger partial charge in [0.05, 0.1) is 0 Å². The van der Waals surface area contributed by atoms with E-state index in [9.17, 15) is 14.0 Å². The Morgan fingerprint density at radius 1 is 1.11 bits per heavy atom. The largest absolute Gasteiger partial charge is 0.457 e. The van der Waals surface area contributed by atoms with E-state index >= 15 is 0 Å². The lowest BCUT2D eigenvalue weighted by atomic mass is 10.00. The third-order valence-electron chi connectivity index (χ3n) is 6.53. The third-order valence-corrected chi connectivity index (χ3v) is 6.76. The van der Waals surface area contributed by atoms with E-state index in [2.05, 4.69) is 12.2 Å². The van der Waals surface area contributed by atoms with Crippen LogP contribution >= 0.6 is 24.0 Å². The monoisotopic (exact) mass is 559 g/mol. The number of rotatable bonds is 8. The molecule has 4 rings (SSSR count). The average molecular weight is 560 g/mol. The molecule has 0 aliphatic carbocycles. The van der Waals surface area contributed by atoms with Crippen LogP contribution < -0.4 is 15.0 Å². The normalized spacial score (nSPS) is 15.8. The van der Waals surface area contributed by atoms with E-state index in [1.54, 1.807) is 29.2 Å². The number of anilines is 1. The first-order valence-electron chi connectivity index (χ1n) is 12.4. The van der Waals surface area contributed by atoms with E-state index in [1.807, 2.05) is 43.3 Å². The van der Waals surface area contributed by atoms with Gasteiger partial charge in [0.25, 0.3) is 5.91 Å². The molecular formula is C29H32Cl2FN3O3. The molecule has 0 aromatic heterocycles. The molecule has 1 saturated heterocycles. The Hall–Kier alpha value is -3.13. The number of aryl methyl sites for hydroxylation is 1. The highest BCUT2D eigenvalue weighted by atomic mass is 35.5. The van der Waals surface area contributed by atoms with Crippen molar-refractivity contribution >= 4 is 41.5 Å². The van der Waals surface area contributed by atoms with Crippen molar-refractivity contribution in [1.29, 1.82) is 0 Å². The Labute approximate surface area is 234 Å². The third kappa shape index (κ3) is 6.84. The molecule has 3 aromatic carbocycles. The van der Waals surface area contributed by atoms with Gasteiger partial charge >= 0.3 is 0 Å². The molecule has 0 radical (unpaired) electrons. The number of carbonyl (C=O) groups excluding carboxylic acids is 2. The summed E-state index contributed by atoms with van der Waals surface area (Å²) in [5, 5.41) is 3.41. The van der Waals surface area contributed by atoms with Crippen molar-refractivity contribution < 1.29 is 18.7 Å². The molecular weight excluding hydrogens is 528 g/mol. The summed E-state index contributed by atoms with van der Waals surface area (Å²) in [5.41, 5.74) is 1.79. The second-order valence-corrected chi connectivity index (χ2v) is 9.33. The minimum atomic E-state index is -0.998. The predicted molar refractivity (Wildman–Crippen MR) is 151 cm³/mol. The van der Waals surface area contributed by atoms with E-state index < -0.39 is 17.8 Å². The zero-order valence-corrected chi connectivity index (χ0v) is 23.0. The molecule has 1 N–H and O–H groups in total. The molecule has 0 spiro atoms. The number of hydrogen-bond acceptors (Lipinski definition) is 4. The quantitative estimate of drug-likeness (QED) is 0.350. The molecule has 0 bridgehead atoms. The van der Waals surface area contributed by atoms with Gasteiger partial charge in [-0.3, -0.25) is 14.5 Å². The molecule has 0 unspecified atom stereocenters. The second kappa shape index (κ2) is 13.6. The average Bonchev–Trinajstić information content (AvgIpc) is 2.93. The van der Waals surface area contributed by atoms with Gasteiger partial charge in [-0.2, -0.15) is 0 Å². The summed E-state index contributed by atoms with van der Waals surface area (Å²) in [5.74, 6) is -0.0984. The van der Waals surface area contributed by atoms with Gasteiger partial charge in [-0.15, -0.1) is 24.0 Å². The number of alkyl halides is 1. The minimum absolute atomic E-state index is 0. The molecule has 0 saturated carbocycles. The summed E-state index contributed by atoms with van der Waals surface area (Å²) in [6.07, 6.45) is 0.872. The molecule has 2 amide bonds. The van der Waals surface area contributed by atoms with Crippen molar-refractivity contribution in [3.63, 3.8) is 0 Å². The van der Waals surface area contributed by atoms with Gasteiger partial charge < -0.3 is 15.0 Å². The number of halogens is 3. The zero-order valence-electron chi connectivity index (χ0n) is 21.4. The number of para-hydroxylation sites is 1. The molecule has 1 aliphatic rings. The summed E-state index contributed by atoms with van der Waals surface area (Å²) in [6, 6.07) is 19.6. The number of benzene rings is 3. The van der Waals surface area contributed by atoms with Crippen molar-refractivity contribution in [1.82, 2.24) is 10.2 Å². The first-order chi connectivity index (χ1) is 17.9. The Morgan fingerprint density at radius 2 is 1.82 bits per heavy atom. The van der Waals surface area contributed by atoms with E-state index in [-0.39, 0.29) is 30.2 Å². The summed E-state index contributed by atoms with van der Waals surface area (Å²) < 4.78 is 19.8. The van der Waals surface area contributed by atoms with E-state index in [0.717, 1.165) is 12.0 Å². The first-order valence-corrected chi connectivity index (χ1v) is 12.9. The highest BCUT2D eigenvalue weighted by Gasteiger charge is 2.37. The SMILES string of the molecule is CC[C@H]1CN(C(=O)[C@@H](c2ccc(F)cc2)N(C(=O)CCl)c2ccc(Oc3ccccc3)cc2C)CCN1.Cl. The molecule has 2 atom stereocenters. The molecule has 202 valence electrons. The van der Waals surface area contributed by atoms with Crippen LogP contribution in [-0.2, 0) is 9.59 Å². The lowest BCUT2D eigenvalue weighted by Gasteiger charge is -2.39. The Morgan fingerprint density at radius 3 is 2.45 bits per heavy atom. The molecule has 38 heavy (non-hydrogen) atoms. The van der Waals surface area contributed by atoms with Gasteiger partial charge in [-0.1, -0.05) is 37.3 Å². The highest BCUT2D eigenvalue weighted by molar-refractivity contribution is 6.30. The number of amides is 2. The maximum absolute atomic E-state index is 14.0. The van der Waals surface area contributed by atoms with Crippen molar-refractivity contribution in [3.05, 3.63) is 89.7 Å². The fourth-order valence-corrected chi connectivity index (χ4v) is 4.72. The summed E-state index contributed by atoms with van der Waals surface area (Å²) in [7, 11) is 0. The molecule has 9 heteroatoms. The van der Waals surface area contributed by atoms with Crippen LogP contribution in [0.5, 0.6) is 11.5 Å². The lowest BCUT2D eigenvalue weighted by Crippen LogP contribution is -2.55. The van der Waals surface area contributed by atoms with Crippen LogP contribution in [0, 0.1) is 12.7 Å². The zero-order chi connectivity index (χ0) is 26.4. The smallest absolute Gasteiger partial charge is 0.250 e. The van der Waals surface area contributed by atoms with Gasteiger partial charge in [0, 0.05) is 31.4 Å².